The van der Waals surface area contributed by atoms with Gasteiger partial charge in [-0.3, -0.25) is 9.59 Å². The molecule has 4 nitrogen and oxygen atoms in total. The summed E-state index contributed by atoms with van der Waals surface area (Å²) in [6, 6.07) is 3.32. The molecule has 5 heteroatoms. The number of benzene rings is 1. The van der Waals surface area contributed by atoms with E-state index in [0.717, 1.165) is 5.56 Å². The highest BCUT2D eigenvalue weighted by Gasteiger charge is 2.21. The van der Waals surface area contributed by atoms with Gasteiger partial charge in [-0.05, 0) is 31.0 Å². The Kier molecular flexibility index (Phi) is 4.28. The molecule has 0 saturated heterocycles. The maximum absolute atomic E-state index is 11.8. The van der Waals surface area contributed by atoms with E-state index in [4.69, 9.17) is 5.11 Å². The van der Waals surface area contributed by atoms with Crippen LogP contribution in [-0.4, -0.2) is 26.8 Å². The molecular weight excluding hydrogens is 288 g/mol. The van der Waals surface area contributed by atoms with Crippen LogP contribution < -0.4 is 0 Å². The fourth-order valence-corrected chi connectivity index (χ4v) is 1.83. The largest absolute Gasteiger partial charge is 0.507 e. The van der Waals surface area contributed by atoms with Gasteiger partial charge in [-0.1, -0.05) is 22.0 Å². The number of halogens is 1. The van der Waals surface area contributed by atoms with E-state index in [9.17, 15) is 14.7 Å². The van der Waals surface area contributed by atoms with Crippen LogP contribution in [0.2, 0.25) is 0 Å². The molecule has 0 aromatic heterocycles. The fraction of sp³-hybridized carbons (Fsp3) is 0.333. The molecule has 0 aliphatic rings. The average Bonchev–Trinajstić information content (AvgIpc) is 2.22. The van der Waals surface area contributed by atoms with Gasteiger partial charge in [-0.25, -0.2) is 0 Å². The van der Waals surface area contributed by atoms with E-state index in [1.54, 1.807) is 19.1 Å². The van der Waals surface area contributed by atoms with E-state index < -0.39 is 16.6 Å². The summed E-state index contributed by atoms with van der Waals surface area (Å²) in [4.78, 5) is 21.5. The number of carboxylic acid groups (broad SMARTS) is 1. The number of hydrogen-bond acceptors (Lipinski definition) is 3. The zero-order valence-corrected chi connectivity index (χ0v) is 11.1. The van der Waals surface area contributed by atoms with Gasteiger partial charge in [0.25, 0.3) is 0 Å². The molecule has 0 aliphatic carbocycles. The molecular formula is C12H13BrO4. The van der Waals surface area contributed by atoms with E-state index in [1.165, 1.54) is 0 Å². The average molecular weight is 301 g/mol. The van der Waals surface area contributed by atoms with Crippen molar-refractivity contribution < 1.29 is 19.8 Å². The van der Waals surface area contributed by atoms with Crippen molar-refractivity contribution in [3.8, 4) is 5.75 Å². The lowest BCUT2D eigenvalue weighted by Gasteiger charge is -2.09. The lowest BCUT2D eigenvalue weighted by Crippen LogP contribution is -2.17. The monoisotopic (exact) mass is 300 g/mol. The Bertz CT molecular complexity index is 468. The minimum absolute atomic E-state index is 0.0781. The maximum Gasteiger partial charge on any atom is 0.317 e. The third kappa shape index (κ3) is 3.30. The molecule has 0 bridgehead atoms. The van der Waals surface area contributed by atoms with Gasteiger partial charge in [0.2, 0.25) is 0 Å². The zero-order valence-electron chi connectivity index (χ0n) is 9.53. The molecule has 17 heavy (non-hydrogen) atoms. The molecule has 0 aliphatic heterocycles. The van der Waals surface area contributed by atoms with Crippen molar-refractivity contribution in [3.63, 3.8) is 0 Å². The summed E-state index contributed by atoms with van der Waals surface area (Å²) in [7, 11) is 0. The summed E-state index contributed by atoms with van der Waals surface area (Å²) in [6.07, 6.45) is -0.189. The quantitative estimate of drug-likeness (QED) is 0.661. The first-order valence-corrected chi connectivity index (χ1v) is 5.94. The Balaban J connectivity index is 3.01. The molecule has 0 radical (unpaired) electrons. The lowest BCUT2D eigenvalue weighted by molar-refractivity contribution is -0.136. The minimum Gasteiger partial charge on any atom is -0.507 e. The molecule has 1 aromatic carbocycles. The van der Waals surface area contributed by atoms with Crippen molar-refractivity contribution in [1.29, 1.82) is 0 Å². The number of aryl methyl sites for hydroxylation is 2. The van der Waals surface area contributed by atoms with Gasteiger partial charge in [0, 0.05) is 6.42 Å². The van der Waals surface area contributed by atoms with Crippen LogP contribution in [0.3, 0.4) is 0 Å². The number of aliphatic carboxylic acids is 1. The van der Waals surface area contributed by atoms with Crippen molar-refractivity contribution in [2.24, 2.45) is 0 Å². The first kappa shape index (κ1) is 13.7. The molecule has 92 valence electrons. The Morgan fingerprint density at radius 2 is 1.94 bits per heavy atom. The summed E-state index contributed by atoms with van der Waals surface area (Å²) >= 11 is 2.90. The van der Waals surface area contributed by atoms with Crippen LogP contribution in [0.5, 0.6) is 5.75 Å². The number of phenolic OH excluding ortho intramolecular Hbond substituents is 1. The number of carboxylic acids is 1. The normalized spacial score (nSPS) is 12.2. The number of carbonyl (C=O) groups is 2. The van der Waals surface area contributed by atoms with Gasteiger partial charge in [-0.2, -0.15) is 0 Å². The molecule has 1 rings (SSSR count). The fourth-order valence-electron chi connectivity index (χ4n) is 1.53. The lowest BCUT2D eigenvalue weighted by atomic mass is 10.00. The molecule has 1 unspecified atom stereocenters. The molecule has 1 aromatic rings. The molecule has 0 spiro atoms. The number of Topliss-reactive ketones (excluding diaryl/α,β-unsaturated/α-hetero) is 1. The van der Waals surface area contributed by atoms with Crippen LogP contribution in [0.4, 0.5) is 0 Å². The van der Waals surface area contributed by atoms with Crippen molar-refractivity contribution >= 4 is 27.7 Å². The number of ketones is 1. The highest BCUT2D eigenvalue weighted by molar-refractivity contribution is 9.10. The molecule has 1 atom stereocenters. The summed E-state index contributed by atoms with van der Waals surface area (Å²) < 4.78 is 0. The van der Waals surface area contributed by atoms with Crippen LogP contribution >= 0.6 is 15.9 Å². The zero-order chi connectivity index (χ0) is 13.2. The molecule has 0 heterocycles. The highest BCUT2D eigenvalue weighted by atomic mass is 79.9. The van der Waals surface area contributed by atoms with Crippen molar-refractivity contribution in [2.75, 3.05) is 0 Å². The van der Waals surface area contributed by atoms with Gasteiger partial charge in [0.15, 0.2) is 5.78 Å². The summed E-state index contributed by atoms with van der Waals surface area (Å²) in [5.41, 5.74) is 1.63. The number of aromatic hydroxyl groups is 1. The van der Waals surface area contributed by atoms with Crippen molar-refractivity contribution in [3.05, 3.63) is 28.8 Å². The topological polar surface area (TPSA) is 74.6 Å². The standard InChI is InChI=1S/C12H13BrO4/c1-6-3-7(2)11(15)8(4-6)10(14)5-9(13)12(16)17/h3-4,9,15H,5H2,1-2H3,(H,16,17). The second-order valence-electron chi connectivity index (χ2n) is 3.91. The Hall–Kier alpha value is -1.36. The van der Waals surface area contributed by atoms with Crippen LogP contribution in [-0.2, 0) is 4.79 Å². The van der Waals surface area contributed by atoms with Gasteiger partial charge < -0.3 is 10.2 Å². The third-order valence-electron chi connectivity index (χ3n) is 2.38. The Labute approximate surface area is 107 Å². The van der Waals surface area contributed by atoms with Crippen molar-refractivity contribution in [2.45, 2.75) is 25.1 Å². The maximum atomic E-state index is 11.8. The summed E-state index contributed by atoms with van der Waals surface area (Å²) in [5.74, 6) is -1.56. The van der Waals surface area contributed by atoms with E-state index in [0.29, 0.717) is 5.56 Å². The first-order valence-electron chi connectivity index (χ1n) is 5.03. The summed E-state index contributed by atoms with van der Waals surface area (Å²) in [6.45, 7) is 3.51. The van der Waals surface area contributed by atoms with Crippen LogP contribution in [0.1, 0.15) is 27.9 Å². The highest BCUT2D eigenvalue weighted by Crippen LogP contribution is 2.26. The SMILES string of the molecule is Cc1cc(C)c(O)c(C(=O)CC(Br)C(=O)O)c1. The third-order valence-corrected chi connectivity index (χ3v) is 3.09. The predicted molar refractivity (Wildman–Crippen MR) is 66.9 cm³/mol. The number of rotatable bonds is 4. The minimum atomic E-state index is -1.10. The van der Waals surface area contributed by atoms with Gasteiger partial charge in [0.1, 0.15) is 10.6 Å². The second-order valence-corrected chi connectivity index (χ2v) is 5.02. The van der Waals surface area contributed by atoms with E-state index in [2.05, 4.69) is 15.9 Å². The number of phenols is 1. The van der Waals surface area contributed by atoms with Crippen LogP contribution in [0, 0.1) is 13.8 Å². The number of carbonyl (C=O) groups excluding carboxylic acids is 1. The molecule has 2 N–H and O–H groups in total. The van der Waals surface area contributed by atoms with E-state index >= 15 is 0 Å². The van der Waals surface area contributed by atoms with E-state index in [1.807, 2.05) is 6.92 Å². The van der Waals surface area contributed by atoms with Crippen LogP contribution in [0.25, 0.3) is 0 Å². The Morgan fingerprint density at radius 1 is 1.35 bits per heavy atom. The predicted octanol–water partition coefficient (Wildman–Crippen LogP) is 2.43. The number of hydrogen-bond donors (Lipinski definition) is 2. The second kappa shape index (κ2) is 5.31. The van der Waals surface area contributed by atoms with Gasteiger partial charge in [-0.15, -0.1) is 0 Å². The molecule has 0 saturated carbocycles. The molecule has 0 fully saturated rings. The Morgan fingerprint density at radius 3 is 2.47 bits per heavy atom. The number of alkyl halides is 1. The summed E-state index contributed by atoms with van der Waals surface area (Å²) in [5, 5.41) is 18.5. The van der Waals surface area contributed by atoms with Crippen molar-refractivity contribution in [1.82, 2.24) is 0 Å². The molecule has 0 amide bonds. The van der Waals surface area contributed by atoms with Crippen LogP contribution in [0.15, 0.2) is 12.1 Å². The van der Waals surface area contributed by atoms with E-state index in [-0.39, 0.29) is 17.7 Å². The first-order chi connectivity index (χ1) is 7.82. The van der Waals surface area contributed by atoms with Gasteiger partial charge >= 0.3 is 5.97 Å². The van der Waals surface area contributed by atoms with Gasteiger partial charge in [0.05, 0.1) is 5.56 Å². The smallest absolute Gasteiger partial charge is 0.317 e.